The van der Waals surface area contributed by atoms with Gasteiger partial charge in [0.2, 0.25) is 0 Å². The number of hydrogen-bond acceptors (Lipinski definition) is 3. The maximum atomic E-state index is 11.6. The molecule has 0 fully saturated rings. The largest absolute Gasteiger partial charge is 0.494 e. The third kappa shape index (κ3) is 4.31. The van der Waals surface area contributed by atoms with E-state index in [0.717, 1.165) is 11.3 Å². The van der Waals surface area contributed by atoms with Gasteiger partial charge in [-0.15, -0.1) is 0 Å². The Balaban J connectivity index is 1.81. The van der Waals surface area contributed by atoms with E-state index in [1.54, 1.807) is 12.1 Å². The molecule has 0 saturated carbocycles. The number of hydrogen-bond donors (Lipinski definition) is 1. The van der Waals surface area contributed by atoms with Crippen molar-refractivity contribution in [3.63, 3.8) is 0 Å². The summed E-state index contributed by atoms with van der Waals surface area (Å²) >= 11 is 0. The lowest BCUT2D eigenvalue weighted by Gasteiger charge is -2.08. The molecule has 0 radical (unpaired) electrons. The summed E-state index contributed by atoms with van der Waals surface area (Å²) in [5.74, 6) is 0.810. The zero-order valence-electron chi connectivity index (χ0n) is 11.3. The molecule has 4 heteroatoms. The smallest absolute Gasteiger partial charge is 0.411 e. The molecular formula is C16H17NO3. The first-order valence-electron chi connectivity index (χ1n) is 6.48. The zero-order chi connectivity index (χ0) is 14.2. The topological polar surface area (TPSA) is 47.6 Å². The molecule has 104 valence electrons. The van der Waals surface area contributed by atoms with Crippen molar-refractivity contribution in [3.05, 3.63) is 60.2 Å². The zero-order valence-corrected chi connectivity index (χ0v) is 11.3. The molecule has 0 bridgehead atoms. The summed E-state index contributed by atoms with van der Waals surface area (Å²) in [6.45, 7) is 2.80. The third-order valence-corrected chi connectivity index (χ3v) is 2.62. The van der Waals surface area contributed by atoms with Gasteiger partial charge >= 0.3 is 6.09 Å². The molecule has 4 nitrogen and oxygen atoms in total. The summed E-state index contributed by atoms with van der Waals surface area (Å²) in [7, 11) is 0. The van der Waals surface area contributed by atoms with Crippen LogP contribution in [-0.2, 0) is 11.3 Å². The second-order valence-electron chi connectivity index (χ2n) is 4.14. The van der Waals surface area contributed by atoms with Gasteiger partial charge in [-0.2, -0.15) is 0 Å². The number of carbonyl (C=O) groups is 1. The Morgan fingerprint density at radius 3 is 2.40 bits per heavy atom. The van der Waals surface area contributed by atoms with E-state index < -0.39 is 6.09 Å². The van der Waals surface area contributed by atoms with Gasteiger partial charge in [-0.1, -0.05) is 30.3 Å². The molecule has 20 heavy (non-hydrogen) atoms. The third-order valence-electron chi connectivity index (χ3n) is 2.62. The highest BCUT2D eigenvalue weighted by atomic mass is 16.5. The van der Waals surface area contributed by atoms with Crippen LogP contribution in [0.15, 0.2) is 54.6 Å². The molecular weight excluding hydrogens is 254 g/mol. The number of carbonyl (C=O) groups excluding carboxylic acids is 1. The number of nitrogens with one attached hydrogen (secondary N) is 1. The maximum Gasteiger partial charge on any atom is 0.411 e. The fourth-order valence-corrected chi connectivity index (χ4v) is 1.67. The predicted molar refractivity (Wildman–Crippen MR) is 77.9 cm³/mol. The van der Waals surface area contributed by atoms with Gasteiger partial charge in [0.25, 0.3) is 0 Å². The van der Waals surface area contributed by atoms with E-state index in [1.807, 2.05) is 49.4 Å². The number of ether oxygens (including phenoxy) is 2. The lowest BCUT2D eigenvalue weighted by molar-refractivity contribution is 0.155. The van der Waals surface area contributed by atoms with Crippen LogP contribution in [0.2, 0.25) is 0 Å². The molecule has 2 aromatic carbocycles. The summed E-state index contributed by atoms with van der Waals surface area (Å²) in [4.78, 5) is 11.6. The van der Waals surface area contributed by atoms with Crippen molar-refractivity contribution >= 4 is 11.8 Å². The molecule has 1 N–H and O–H groups in total. The molecule has 0 aliphatic carbocycles. The first-order chi connectivity index (χ1) is 9.78. The minimum Gasteiger partial charge on any atom is -0.494 e. The van der Waals surface area contributed by atoms with Crippen LogP contribution >= 0.6 is 0 Å². The van der Waals surface area contributed by atoms with Gasteiger partial charge in [-0.05, 0) is 36.8 Å². The van der Waals surface area contributed by atoms with E-state index in [1.165, 1.54) is 0 Å². The van der Waals surface area contributed by atoms with Crippen molar-refractivity contribution in [2.75, 3.05) is 11.9 Å². The van der Waals surface area contributed by atoms with Gasteiger partial charge in [-0.25, -0.2) is 4.79 Å². The molecule has 0 atom stereocenters. The Hall–Kier alpha value is -2.49. The van der Waals surface area contributed by atoms with E-state index >= 15 is 0 Å². The number of rotatable bonds is 5. The summed E-state index contributed by atoms with van der Waals surface area (Å²) in [5.41, 5.74) is 1.63. The van der Waals surface area contributed by atoms with Crippen molar-refractivity contribution in [2.45, 2.75) is 13.5 Å². The van der Waals surface area contributed by atoms with E-state index in [4.69, 9.17) is 9.47 Å². The lowest BCUT2D eigenvalue weighted by Crippen LogP contribution is -2.13. The average Bonchev–Trinajstić information content (AvgIpc) is 2.48. The van der Waals surface area contributed by atoms with Gasteiger partial charge in [-0.3, -0.25) is 5.32 Å². The first kappa shape index (κ1) is 13.9. The molecule has 0 aromatic heterocycles. The van der Waals surface area contributed by atoms with Crippen LogP contribution in [0.3, 0.4) is 0 Å². The van der Waals surface area contributed by atoms with Crippen molar-refractivity contribution in [3.8, 4) is 5.75 Å². The molecule has 2 rings (SSSR count). The summed E-state index contributed by atoms with van der Waals surface area (Å²) in [5, 5.41) is 2.66. The first-order valence-corrected chi connectivity index (χ1v) is 6.48. The summed E-state index contributed by atoms with van der Waals surface area (Å²) in [6, 6.07) is 16.7. The Kier molecular flexibility index (Phi) is 5.00. The van der Waals surface area contributed by atoms with Crippen LogP contribution < -0.4 is 10.1 Å². The second-order valence-corrected chi connectivity index (χ2v) is 4.14. The van der Waals surface area contributed by atoms with Crippen LogP contribution in [0, 0.1) is 0 Å². The minimum atomic E-state index is -0.468. The molecule has 2 aromatic rings. The van der Waals surface area contributed by atoms with Crippen LogP contribution in [-0.4, -0.2) is 12.7 Å². The monoisotopic (exact) mass is 271 g/mol. The molecule has 0 heterocycles. The molecule has 0 unspecified atom stereocenters. The van der Waals surface area contributed by atoms with Gasteiger partial charge < -0.3 is 9.47 Å². The normalized spacial score (nSPS) is 9.85. The highest BCUT2D eigenvalue weighted by Crippen LogP contribution is 2.13. The van der Waals surface area contributed by atoms with Gasteiger partial charge in [0, 0.05) is 5.69 Å². The Morgan fingerprint density at radius 1 is 1.05 bits per heavy atom. The van der Waals surface area contributed by atoms with Gasteiger partial charge in [0.05, 0.1) is 6.61 Å². The minimum absolute atomic E-state index is 0.227. The number of benzene rings is 2. The van der Waals surface area contributed by atoms with Crippen molar-refractivity contribution in [2.24, 2.45) is 0 Å². The number of amides is 1. The number of para-hydroxylation sites is 1. The standard InChI is InChI=1S/C16H17NO3/c1-2-19-15-10-8-13(9-11-15)12-20-16(18)17-14-6-4-3-5-7-14/h3-11H,2,12H2,1H3,(H,17,18). The summed E-state index contributed by atoms with van der Waals surface area (Å²) < 4.78 is 10.5. The Labute approximate surface area is 118 Å². The maximum absolute atomic E-state index is 11.6. The molecule has 0 aliphatic rings. The van der Waals surface area contributed by atoms with Crippen LogP contribution in [0.25, 0.3) is 0 Å². The van der Waals surface area contributed by atoms with E-state index in [-0.39, 0.29) is 6.61 Å². The number of anilines is 1. The predicted octanol–water partition coefficient (Wildman–Crippen LogP) is 3.83. The lowest BCUT2D eigenvalue weighted by atomic mass is 10.2. The fourth-order valence-electron chi connectivity index (χ4n) is 1.67. The SMILES string of the molecule is CCOc1ccc(COC(=O)Nc2ccccc2)cc1. The Morgan fingerprint density at radius 2 is 1.75 bits per heavy atom. The molecule has 0 spiro atoms. The van der Waals surface area contributed by atoms with E-state index in [9.17, 15) is 4.79 Å². The average molecular weight is 271 g/mol. The van der Waals surface area contributed by atoms with Crippen molar-refractivity contribution < 1.29 is 14.3 Å². The summed E-state index contributed by atoms with van der Waals surface area (Å²) in [6.07, 6.45) is -0.468. The fraction of sp³-hybridized carbons (Fsp3) is 0.188. The van der Waals surface area contributed by atoms with E-state index in [2.05, 4.69) is 5.32 Å². The van der Waals surface area contributed by atoms with Crippen LogP contribution in [0.5, 0.6) is 5.75 Å². The van der Waals surface area contributed by atoms with Crippen LogP contribution in [0.4, 0.5) is 10.5 Å². The molecule has 0 aliphatic heterocycles. The molecule has 1 amide bonds. The van der Waals surface area contributed by atoms with Gasteiger partial charge in [0.1, 0.15) is 12.4 Å². The van der Waals surface area contributed by atoms with Crippen LogP contribution in [0.1, 0.15) is 12.5 Å². The van der Waals surface area contributed by atoms with E-state index in [0.29, 0.717) is 12.3 Å². The quantitative estimate of drug-likeness (QED) is 0.899. The van der Waals surface area contributed by atoms with Crippen molar-refractivity contribution in [1.29, 1.82) is 0 Å². The van der Waals surface area contributed by atoms with Crippen molar-refractivity contribution in [1.82, 2.24) is 0 Å². The highest BCUT2D eigenvalue weighted by molar-refractivity contribution is 5.84. The Bertz CT molecular complexity index is 537. The highest BCUT2D eigenvalue weighted by Gasteiger charge is 2.03. The van der Waals surface area contributed by atoms with Gasteiger partial charge in [0.15, 0.2) is 0 Å². The molecule has 0 saturated heterocycles. The second kappa shape index (κ2) is 7.19.